The molecule has 0 saturated carbocycles. The number of anilines is 1. The predicted octanol–water partition coefficient (Wildman–Crippen LogP) is 1.72. The van der Waals surface area contributed by atoms with Gasteiger partial charge in [-0.05, 0) is 19.8 Å². The monoisotopic (exact) mass is 286 g/mol. The average molecular weight is 286 g/mol. The minimum Gasteiger partial charge on any atom is -0.355 e. The van der Waals surface area contributed by atoms with Crippen LogP contribution in [0.25, 0.3) is 0 Å². The normalized spacial score (nSPS) is 12.1. The number of nitrogens with zero attached hydrogens (tertiary/aromatic N) is 3. The minimum atomic E-state index is -3.51. The van der Waals surface area contributed by atoms with Gasteiger partial charge in [-0.1, -0.05) is 13.8 Å². The number of hydrogen-bond acceptors (Lipinski definition) is 5. The SMILES string of the molecule is CCNc1ncc(S(=O)(=O)N(C)C(CC)CC)cn1. The van der Waals surface area contributed by atoms with Crippen LogP contribution in [-0.4, -0.2) is 42.3 Å². The van der Waals surface area contributed by atoms with Crippen LogP contribution in [0.15, 0.2) is 17.3 Å². The van der Waals surface area contributed by atoms with Gasteiger partial charge in [-0.3, -0.25) is 0 Å². The summed E-state index contributed by atoms with van der Waals surface area (Å²) in [5.41, 5.74) is 0. The molecule has 0 atom stereocenters. The largest absolute Gasteiger partial charge is 0.355 e. The van der Waals surface area contributed by atoms with Crippen LogP contribution in [0.4, 0.5) is 5.95 Å². The Balaban J connectivity index is 2.99. The quantitative estimate of drug-likeness (QED) is 0.826. The first kappa shape index (κ1) is 15.8. The zero-order valence-electron chi connectivity index (χ0n) is 11.9. The molecule has 6 nitrogen and oxygen atoms in total. The lowest BCUT2D eigenvalue weighted by Crippen LogP contribution is -2.36. The molecule has 0 unspecified atom stereocenters. The fraction of sp³-hybridized carbons (Fsp3) is 0.667. The van der Waals surface area contributed by atoms with Crippen LogP contribution in [0.5, 0.6) is 0 Å². The van der Waals surface area contributed by atoms with Crippen LogP contribution >= 0.6 is 0 Å². The van der Waals surface area contributed by atoms with Crippen molar-refractivity contribution in [3.05, 3.63) is 12.4 Å². The van der Waals surface area contributed by atoms with Crippen molar-refractivity contribution in [1.29, 1.82) is 0 Å². The third-order valence-electron chi connectivity index (χ3n) is 3.10. The summed E-state index contributed by atoms with van der Waals surface area (Å²) in [5.74, 6) is 0.437. The Morgan fingerprint density at radius 2 is 1.74 bits per heavy atom. The van der Waals surface area contributed by atoms with Crippen molar-refractivity contribution in [1.82, 2.24) is 14.3 Å². The molecular weight excluding hydrogens is 264 g/mol. The molecule has 1 heterocycles. The molecule has 0 saturated heterocycles. The van der Waals surface area contributed by atoms with Crippen molar-refractivity contribution >= 4 is 16.0 Å². The molecule has 7 heteroatoms. The first-order valence-corrected chi connectivity index (χ1v) is 7.95. The van der Waals surface area contributed by atoms with Gasteiger partial charge in [-0.15, -0.1) is 0 Å². The number of hydrogen-bond donors (Lipinski definition) is 1. The fourth-order valence-corrected chi connectivity index (χ4v) is 3.26. The maximum Gasteiger partial charge on any atom is 0.246 e. The number of sulfonamides is 1. The molecule has 1 rings (SSSR count). The van der Waals surface area contributed by atoms with E-state index < -0.39 is 10.0 Å². The summed E-state index contributed by atoms with van der Waals surface area (Å²) in [4.78, 5) is 8.13. The van der Waals surface area contributed by atoms with Crippen molar-refractivity contribution in [2.24, 2.45) is 0 Å². The molecule has 0 fully saturated rings. The second-order valence-corrected chi connectivity index (χ2v) is 6.26. The zero-order valence-corrected chi connectivity index (χ0v) is 12.7. The first-order valence-electron chi connectivity index (χ1n) is 6.51. The van der Waals surface area contributed by atoms with Crippen molar-refractivity contribution in [2.45, 2.75) is 44.6 Å². The highest BCUT2D eigenvalue weighted by Gasteiger charge is 2.26. The Morgan fingerprint density at radius 1 is 1.21 bits per heavy atom. The van der Waals surface area contributed by atoms with Gasteiger partial charge in [-0.2, -0.15) is 4.31 Å². The minimum absolute atomic E-state index is 0.00144. The Hall–Kier alpha value is -1.21. The summed E-state index contributed by atoms with van der Waals surface area (Å²) in [6.45, 7) is 6.57. The maximum absolute atomic E-state index is 12.4. The van der Waals surface area contributed by atoms with E-state index in [1.54, 1.807) is 7.05 Å². The third kappa shape index (κ3) is 3.63. The van der Waals surface area contributed by atoms with Crippen LogP contribution < -0.4 is 5.32 Å². The average Bonchev–Trinajstić information content (AvgIpc) is 2.41. The van der Waals surface area contributed by atoms with Gasteiger partial charge >= 0.3 is 0 Å². The first-order chi connectivity index (χ1) is 8.97. The molecule has 0 spiro atoms. The molecule has 0 aliphatic rings. The summed E-state index contributed by atoms with van der Waals surface area (Å²) in [5, 5.41) is 2.93. The molecule has 0 aliphatic carbocycles. The van der Waals surface area contributed by atoms with Crippen LogP contribution in [0, 0.1) is 0 Å². The van der Waals surface area contributed by atoms with Gasteiger partial charge < -0.3 is 5.32 Å². The van der Waals surface area contributed by atoms with E-state index >= 15 is 0 Å². The molecule has 0 radical (unpaired) electrons. The molecule has 0 aliphatic heterocycles. The Morgan fingerprint density at radius 3 is 2.16 bits per heavy atom. The van der Waals surface area contributed by atoms with E-state index in [0.717, 1.165) is 12.8 Å². The van der Waals surface area contributed by atoms with Gasteiger partial charge in [0.1, 0.15) is 4.90 Å². The Labute approximate surface area is 115 Å². The summed E-state index contributed by atoms with van der Waals surface area (Å²) < 4.78 is 26.2. The van der Waals surface area contributed by atoms with E-state index in [9.17, 15) is 8.42 Å². The van der Waals surface area contributed by atoms with Crippen molar-refractivity contribution in [2.75, 3.05) is 18.9 Å². The molecule has 1 aromatic heterocycles. The molecule has 0 aromatic carbocycles. The molecule has 108 valence electrons. The summed E-state index contributed by atoms with van der Waals surface area (Å²) in [7, 11) is -1.91. The summed E-state index contributed by atoms with van der Waals surface area (Å²) in [6, 6.07) is -0.00144. The van der Waals surface area contributed by atoms with Crippen LogP contribution in [0.2, 0.25) is 0 Å². The molecule has 0 amide bonds. The van der Waals surface area contributed by atoms with Gasteiger partial charge in [0.25, 0.3) is 0 Å². The second-order valence-electron chi connectivity index (χ2n) is 4.26. The van der Waals surface area contributed by atoms with Crippen molar-refractivity contribution in [3.8, 4) is 0 Å². The predicted molar refractivity (Wildman–Crippen MR) is 75.5 cm³/mol. The van der Waals surface area contributed by atoms with Gasteiger partial charge in [0.15, 0.2) is 0 Å². The van der Waals surface area contributed by atoms with E-state index in [-0.39, 0.29) is 10.9 Å². The fourth-order valence-electron chi connectivity index (χ4n) is 1.86. The highest BCUT2D eigenvalue weighted by molar-refractivity contribution is 7.89. The third-order valence-corrected chi connectivity index (χ3v) is 4.96. The lowest BCUT2D eigenvalue weighted by molar-refractivity contribution is 0.349. The summed E-state index contributed by atoms with van der Waals surface area (Å²) >= 11 is 0. The molecular formula is C12H22N4O2S. The van der Waals surface area contributed by atoms with Crippen molar-refractivity contribution < 1.29 is 8.42 Å². The topological polar surface area (TPSA) is 75.2 Å². The molecule has 1 N–H and O–H groups in total. The molecule has 19 heavy (non-hydrogen) atoms. The van der Waals surface area contributed by atoms with E-state index in [4.69, 9.17) is 0 Å². The maximum atomic E-state index is 12.4. The Kier molecular flexibility index (Phi) is 5.68. The summed E-state index contributed by atoms with van der Waals surface area (Å²) in [6.07, 6.45) is 4.25. The van der Waals surface area contributed by atoms with E-state index in [1.165, 1.54) is 16.7 Å². The van der Waals surface area contributed by atoms with Crippen molar-refractivity contribution in [3.63, 3.8) is 0 Å². The van der Waals surface area contributed by atoms with Crippen LogP contribution in [0.3, 0.4) is 0 Å². The standard InChI is InChI=1S/C12H22N4O2S/c1-5-10(6-2)16(4)19(17,18)11-8-14-12(13-7-3)15-9-11/h8-10H,5-7H2,1-4H3,(H,13,14,15). The van der Waals surface area contributed by atoms with Gasteiger partial charge in [0.2, 0.25) is 16.0 Å². The lowest BCUT2D eigenvalue weighted by Gasteiger charge is -2.25. The highest BCUT2D eigenvalue weighted by atomic mass is 32.2. The second kappa shape index (κ2) is 6.81. The number of rotatable bonds is 7. The molecule has 1 aromatic rings. The van der Waals surface area contributed by atoms with Crippen LogP contribution in [0.1, 0.15) is 33.6 Å². The molecule has 0 bridgehead atoms. The Bertz CT molecular complexity index is 483. The zero-order chi connectivity index (χ0) is 14.5. The number of nitrogens with one attached hydrogen (secondary N) is 1. The highest BCUT2D eigenvalue weighted by Crippen LogP contribution is 2.18. The van der Waals surface area contributed by atoms with E-state index in [1.807, 2.05) is 20.8 Å². The van der Waals surface area contributed by atoms with E-state index in [0.29, 0.717) is 12.5 Å². The smallest absolute Gasteiger partial charge is 0.246 e. The van der Waals surface area contributed by atoms with E-state index in [2.05, 4.69) is 15.3 Å². The van der Waals surface area contributed by atoms with Crippen LogP contribution in [-0.2, 0) is 10.0 Å². The number of aromatic nitrogens is 2. The van der Waals surface area contributed by atoms with Gasteiger partial charge in [-0.25, -0.2) is 18.4 Å². The van der Waals surface area contributed by atoms with Gasteiger partial charge in [0, 0.05) is 19.6 Å². The lowest BCUT2D eigenvalue weighted by atomic mass is 10.2. The van der Waals surface area contributed by atoms with Gasteiger partial charge in [0.05, 0.1) is 12.4 Å².